The van der Waals surface area contributed by atoms with Crippen LogP contribution in [0.1, 0.15) is 37.1 Å². The molecule has 1 amide bonds. The van der Waals surface area contributed by atoms with Crippen molar-refractivity contribution in [3.8, 4) is 17.3 Å². The molecular formula is C27H27N3O4S2. The standard InChI is InChI=1S/C27H27N3O4S2/c1-5-16(2)23(26(32)33)29-24(31)22(36-27(29)35)15-20-18(4)28-30(19-12-7-6-8-13-19)25(20)34-21-14-10-9-11-17(21)3/h6-16,23H,5H2,1-4H3,(H,32,33)/b22-15-/t16?,23-/m0/s1. The fraction of sp³-hybridized carbons (Fsp3) is 0.259. The molecule has 1 aliphatic rings. The molecule has 186 valence electrons. The number of hydrogen-bond donors (Lipinski definition) is 1. The fourth-order valence-electron chi connectivity index (χ4n) is 3.98. The molecule has 1 aliphatic heterocycles. The van der Waals surface area contributed by atoms with Gasteiger partial charge in [0.2, 0.25) is 5.88 Å². The lowest BCUT2D eigenvalue weighted by atomic mass is 9.98. The van der Waals surface area contributed by atoms with E-state index in [1.54, 1.807) is 10.8 Å². The van der Waals surface area contributed by atoms with Gasteiger partial charge in [-0.15, -0.1) is 0 Å². The SMILES string of the molecule is CCC(C)[C@@H](C(=O)O)N1C(=O)/C(=C/c2c(C)nn(-c3ccccc3)c2Oc2ccccc2C)SC1=S. The number of carboxylic acid groups (broad SMARTS) is 1. The summed E-state index contributed by atoms with van der Waals surface area (Å²) in [5, 5.41) is 14.5. The van der Waals surface area contributed by atoms with Gasteiger partial charge in [-0.25, -0.2) is 4.79 Å². The average molecular weight is 522 g/mol. The number of aromatic nitrogens is 2. The number of carbonyl (C=O) groups excluding carboxylic acids is 1. The van der Waals surface area contributed by atoms with Gasteiger partial charge in [-0.1, -0.05) is 80.6 Å². The van der Waals surface area contributed by atoms with Crippen LogP contribution >= 0.6 is 24.0 Å². The fourth-order valence-corrected chi connectivity index (χ4v) is 5.30. The first kappa shape index (κ1) is 25.7. The summed E-state index contributed by atoms with van der Waals surface area (Å²) < 4.78 is 8.31. The Labute approximate surface area is 219 Å². The highest BCUT2D eigenvalue weighted by Crippen LogP contribution is 2.39. The number of benzene rings is 2. The molecule has 1 aromatic heterocycles. The van der Waals surface area contributed by atoms with E-state index in [9.17, 15) is 14.7 Å². The maximum absolute atomic E-state index is 13.4. The minimum atomic E-state index is -1.07. The smallest absolute Gasteiger partial charge is 0.327 e. The zero-order chi connectivity index (χ0) is 26.0. The monoisotopic (exact) mass is 521 g/mol. The van der Waals surface area contributed by atoms with E-state index in [1.807, 2.05) is 82.3 Å². The second-order valence-electron chi connectivity index (χ2n) is 8.64. The third-order valence-corrected chi connectivity index (χ3v) is 7.51. The number of rotatable bonds is 8. The van der Waals surface area contributed by atoms with E-state index in [0.717, 1.165) is 23.0 Å². The largest absolute Gasteiger partial charge is 0.480 e. The van der Waals surface area contributed by atoms with Crippen LogP contribution in [0.4, 0.5) is 0 Å². The highest BCUT2D eigenvalue weighted by atomic mass is 32.2. The summed E-state index contributed by atoms with van der Waals surface area (Å²) in [7, 11) is 0. The molecule has 2 aromatic carbocycles. The molecule has 0 bridgehead atoms. The summed E-state index contributed by atoms with van der Waals surface area (Å²) in [6.45, 7) is 7.50. The second kappa shape index (κ2) is 10.7. The zero-order valence-corrected chi connectivity index (χ0v) is 22.1. The minimum absolute atomic E-state index is 0.230. The van der Waals surface area contributed by atoms with E-state index in [2.05, 4.69) is 0 Å². The first-order valence-electron chi connectivity index (χ1n) is 11.6. The normalized spacial score (nSPS) is 16.4. The van der Waals surface area contributed by atoms with Gasteiger partial charge in [0.1, 0.15) is 16.1 Å². The predicted molar refractivity (Wildman–Crippen MR) is 145 cm³/mol. The molecule has 7 nitrogen and oxygen atoms in total. The number of nitrogens with zero attached hydrogens (tertiary/aromatic N) is 3. The van der Waals surface area contributed by atoms with Crippen LogP contribution in [0.3, 0.4) is 0 Å². The molecule has 4 rings (SSSR count). The van der Waals surface area contributed by atoms with E-state index in [-0.39, 0.29) is 10.2 Å². The van der Waals surface area contributed by atoms with E-state index >= 15 is 0 Å². The molecule has 0 radical (unpaired) electrons. The Morgan fingerprint density at radius 1 is 1.17 bits per heavy atom. The van der Waals surface area contributed by atoms with Crippen LogP contribution in [-0.4, -0.2) is 42.0 Å². The van der Waals surface area contributed by atoms with Crippen LogP contribution < -0.4 is 4.74 Å². The minimum Gasteiger partial charge on any atom is -0.480 e. The van der Waals surface area contributed by atoms with Crippen molar-refractivity contribution < 1.29 is 19.4 Å². The van der Waals surface area contributed by atoms with Crippen molar-refractivity contribution in [3.63, 3.8) is 0 Å². The highest BCUT2D eigenvalue weighted by Gasteiger charge is 2.42. The molecule has 9 heteroatoms. The lowest BCUT2D eigenvalue weighted by molar-refractivity contribution is -0.147. The quantitative estimate of drug-likeness (QED) is 0.288. The number of carbonyl (C=O) groups is 2. The zero-order valence-electron chi connectivity index (χ0n) is 20.5. The molecule has 1 N–H and O–H groups in total. The second-order valence-corrected chi connectivity index (χ2v) is 10.3. The summed E-state index contributed by atoms with van der Waals surface area (Å²) in [6.07, 6.45) is 2.30. The molecule has 3 aromatic rings. The van der Waals surface area contributed by atoms with Crippen LogP contribution in [-0.2, 0) is 9.59 Å². The van der Waals surface area contributed by atoms with Crippen molar-refractivity contribution >= 4 is 46.3 Å². The van der Waals surface area contributed by atoms with Crippen molar-refractivity contribution in [1.29, 1.82) is 0 Å². The van der Waals surface area contributed by atoms with E-state index in [0.29, 0.717) is 34.2 Å². The number of ether oxygens (including phenoxy) is 1. The third-order valence-electron chi connectivity index (χ3n) is 6.18. The van der Waals surface area contributed by atoms with Crippen molar-refractivity contribution in [2.24, 2.45) is 5.92 Å². The summed E-state index contributed by atoms with van der Waals surface area (Å²) >= 11 is 6.55. The Morgan fingerprint density at radius 2 is 1.83 bits per heavy atom. The van der Waals surface area contributed by atoms with Gasteiger partial charge in [-0.3, -0.25) is 9.69 Å². The topological polar surface area (TPSA) is 84.7 Å². The molecule has 2 atom stereocenters. The molecule has 0 aliphatic carbocycles. The number of para-hydroxylation sites is 2. The van der Waals surface area contributed by atoms with Crippen LogP contribution in [0.25, 0.3) is 11.8 Å². The van der Waals surface area contributed by atoms with E-state index in [1.165, 1.54) is 4.90 Å². The molecule has 1 saturated heterocycles. The molecular weight excluding hydrogens is 494 g/mol. The van der Waals surface area contributed by atoms with Gasteiger partial charge >= 0.3 is 5.97 Å². The number of hydrogen-bond acceptors (Lipinski definition) is 6. The maximum atomic E-state index is 13.4. The average Bonchev–Trinajstić information content (AvgIpc) is 3.31. The summed E-state index contributed by atoms with van der Waals surface area (Å²) in [5.41, 5.74) is 3.03. The van der Waals surface area contributed by atoms with Gasteiger partial charge in [-0.05, 0) is 49.6 Å². The summed E-state index contributed by atoms with van der Waals surface area (Å²) in [4.78, 5) is 27.0. The van der Waals surface area contributed by atoms with Crippen molar-refractivity contribution in [2.45, 2.75) is 40.2 Å². The van der Waals surface area contributed by atoms with Gasteiger partial charge < -0.3 is 9.84 Å². The van der Waals surface area contributed by atoms with Crippen LogP contribution in [0.15, 0.2) is 59.5 Å². The first-order chi connectivity index (χ1) is 17.2. The van der Waals surface area contributed by atoms with Gasteiger partial charge in [0.25, 0.3) is 5.91 Å². The summed E-state index contributed by atoms with van der Waals surface area (Å²) in [6, 6.07) is 16.2. The molecule has 0 spiro atoms. The molecule has 1 fully saturated rings. The van der Waals surface area contributed by atoms with Crippen LogP contribution in [0.2, 0.25) is 0 Å². The van der Waals surface area contributed by atoms with Gasteiger partial charge in [0.15, 0.2) is 0 Å². The van der Waals surface area contributed by atoms with Crippen LogP contribution in [0, 0.1) is 19.8 Å². The number of thiocarbonyl (C=S) groups is 1. The summed E-state index contributed by atoms with van der Waals surface area (Å²) in [5.74, 6) is -0.633. The first-order valence-corrected chi connectivity index (χ1v) is 12.8. The lowest BCUT2D eigenvalue weighted by Gasteiger charge is -2.27. The van der Waals surface area contributed by atoms with Crippen molar-refractivity contribution in [2.75, 3.05) is 0 Å². The van der Waals surface area contributed by atoms with Gasteiger partial charge in [-0.2, -0.15) is 9.78 Å². The molecule has 1 unspecified atom stereocenters. The number of carboxylic acids is 1. The number of thioether (sulfide) groups is 1. The number of aliphatic carboxylic acids is 1. The molecule has 0 saturated carbocycles. The maximum Gasteiger partial charge on any atom is 0.327 e. The molecule has 36 heavy (non-hydrogen) atoms. The highest BCUT2D eigenvalue weighted by molar-refractivity contribution is 8.26. The number of amides is 1. The van der Waals surface area contributed by atoms with Gasteiger partial charge in [0.05, 0.1) is 21.8 Å². The van der Waals surface area contributed by atoms with Crippen molar-refractivity contribution in [3.05, 3.63) is 76.3 Å². The van der Waals surface area contributed by atoms with E-state index < -0.39 is 17.9 Å². The third kappa shape index (κ3) is 4.94. The Morgan fingerprint density at radius 3 is 2.47 bits per heavy atom. The van der Waals surface area contributed by atoms with Crippen molar-refractivity contribution in [1.82, 2.24) is 14.7 Å². The van der Waals surface area contributed by atoms with Crippen LogP contribution in [0.5, 0.6) is 11.6 Å². The lowest BCUT2D eigenvalue weighted by Crippen LogP contribution is -2.47. The Kier molecular flexibility index (Phi) is 7.61. The Balaban J connectivity index is 1.81. The van der Waals surface area contributed by atoms with E-state index in [4.69, 9.17) is 22.1 Å². The van der Waals surface area contributed by atoms with Gasteiger partial charge in [0, 0.05) is 0 Å². The molecule has 2 heterocycles. The predicted octanol–water partition coefficient (Wildman–Crippen LogP) is 5.98. The Hall–Kier alpha value is -3.43. The number of aryl methyl sites for hydroxylation is 2. The Bertz CT molecular complexity index is 1350.